The van der Waals surface area contributed by atoms with E-state index in [9.17, 15) is 4.79 Å². The largest absolute Gasteiger partial charge is 0.361 e. The molecule has 0 radical (unpaired) electrons. The third kappa shape index (κ3) is 11.4. The SMILES string of the molecule is CCC(=O)N(CCN(C)C1=Nc2nc(Cl)ccc2C1)Cc1cc(Cl)cc(Cl)c1.CN(CCNCc1cc(Cl)cc(Cl)c1)C1=Nc2nc(Cl)ccc2C1. The molecule has 2 aromatic heterocycles. The van der Waals surface area contributed by atoms with Gasteiger partial charge in [-0.2, -0.15) is 0 Å². The van der Waals surface area contributed by atoms with Crippen LogP contribution in [0.5, 0.6) is 0 Å². The highest BCUT2D eigenvalue weighted by Gasteiger charge is 2.21. The fourth-order valence-corrected chi connectivity index (χ4v) is 7.07. The summed E-state index contributed by atoms with van der Waals surface area (Å²) in [6.45, 7) is 5.93. The molecule has 0 aliphatic carbocycles. The molecule has 2 aromatic carbocycles. The predicted octanol–water partition coefficient (Wildman–Crippen LogP) is 9.35. The van der Waals surface area contributed by atoms with Gasteiger partial charge >= 0.3 is 0 Å². The second-order valence-electron chi connectivity index (χ2n) is 12.4. The van der Waals surface area contributed by atoms with Crippen LogP contribution < -0.4 is 5.32 Å². The van der Waals surface area contributed by atoms with E-state index in [0.717, 1.165) is 65.8 Å². The van der Waals surface area contributed by atoms with Gasteiger partial charge in [-0.15, -0.1) is 0 Å². The zero-order valence-electron chi connectivity index (χ0n) is 28.9. The quantitative estimate of drug-likeness (QED) is 0.120. The summed E-state index contributed by atoms with van der Waals surface area (Å²) in [5.41, 5.74) is 4.15. The first-order valence-electron chi connectivity index (χ1n) is 16.6. The second kappa shape index (κ2) is 18.7. The summed E-state index contributed by atoms with van der Waals surface area (Å²) in [7, 11) is 4.00. The van der Waals surface area contributed by atoms with Gasteiger partial charge in [-0.3, -0.25) is 4.79 Å². The average Bonchev–Trinajstić information content (AvgIpc) is 3.71. The molecule has 0 atom stereocenters. The molecule has 0 spiro atoms. The number of hydrogen-bond donors (Lipinski definition) is 1. The van der Waals surface area contributed by atoms with Gasteiger partial charge in [0.1, 0.15) is 22.0 Å². The Bertz CT molecular complexity index is 1930. The number of amidine groups is 2. The van der Waals surface area contributed by atoms with Crippen molar-refractivity contribution in [2.24, 2.45) is 9.98 Å². The van der Waals surface area contributed by atoms with Crippen LogP contribution in [0.1, 0.15) is 35.6 Å². The molecule has 274 valence electrons. The molecule has 2 aliphatic heterocycles. The maximum atomic E-state index is 12.4. The summed E-state index contributed by atoms with van der Waals surface area (Å²) in [6, 6.07) is 18.4. The van der Waals surface area contributed by atoms with Gasteiger partial charge in [0.2, 0.25) is 5.91 Å². The first-order valence-corrected chi connectivity index (χ1v) is 18.9. The molecule has 0 bridgehead atoms. The maximum Gasteiger partial charge on any atom is 0.222 e. The van der Waals surface area contributed by atoms with Crippen LogP contribution in [0.3, 0.4) is 0 Å². The molecule has 4 aromatic rings. The summed E-state index contributed by atoms with van der Waals surface area (Å²) in [5.74, 6) is 3.40. The molecule has 52 heavy (non-hydrogen) atoms. The highest BCUT2D eigenvalue weighted by atomic mass is 35.5. The Morgan fingerprint density at radius 3 is 1.65 bits per heavy atom. The lowest BCUT2D eigenvalue weighted by Crippen LogP contribution is -2.39. The van der Waals surface area contributed by atoms with Crippen LogP contribution in [0.15, 0.2) is 70.6 Å². The van der Waals surface area contributed by atoms with Gasteiger partial charge in [-0.1, -0.05) is 88.7 Å². The molecule has 0 saturated carbocycles. The molecular weight excluding hydrogens is 785 g/mol. The number of fused-ring (bicyclic) bond motifs is 2. The molecule has 1 amide bonds. The van der Waals surface area contributed by atoms with Crippen molar-refractivity contribution in [2.75, 3.05) is 40.3 Å². The Hall–Kier alpha value is -3.15. The summed E-state index contributed by atoms with van der Waals surface area (Å²) >= 11 is 36.0. The normalized spacial score (nSPS) is 12.7. The number of nitrogens with zero attached hydrogens (tertiary/aromatic N) is 7. The van der Waals surface area contributed by atoms with E-state index in [-0.39, 0.29) is 5.91 Å². The van der Waals surface area contributed by atoms with Crippen molar-refractivity contribution in [3.8, 4) is 0 Å². The number of carbonyl (C=O) groups excluding carboxylic acids is 1. The molecule has 1 N–H and O–H groups in total. The highest BCUT2D eigenvalue weighted by molar-refractivity contribution is 6.35. The number of likely N-dealkylation sites (N-methyl/N-ethyl adjacent to an activating group) is 2. The van der Waals surface area contributed by atoms with Crippen LogP contribution in [0.25, 0.3) is 0 Å². The fourth-order valence-electron chi connectivity index (χ4n) is 5.64. The van der Waals surface area contributed by atoms with Crippen LogP contribution >= 0.6 is 69.6 Å². The molecular formula is C37H38Cl6N8O. The molecule has 0 fully saturated rings. The van der Waals surface area contributed by atoms with Crippen molar-refractivity contribution in [3.63, 3.8) is 0 Å². The van der Waals surface area contributed by atoms with Crippen LogP contribution in [0.2, 0.25) is 30.4 Å². The average molecular weight is 823 g/mol. The van der Waals surface area contributed by atoms with E-state index in [4.69, 9.17) is 69.6 Å². The van der Waals surface area contributed by atoms with Crippen LogP contribution in [0, 0.1) is 0 Å². The van der Waals surface area contributed by atoms with E-state index in [1.807, 2.05) is 62.3 Å². The standard InChI is InChI=1S/C20H21Cl3N4O.C17H17Cl3N4/c1-3-19(28)27(12-13-8-15(21)11-16(22)9-13)7-6-26(2)18-10-14-4-5-17(23)24-20(14)25-18;1-24(16-8-12-2-3-15(20)22-17(12)23-16)5-4-21-10-11-6-13(18)9-14(19)7-11/h4-5,8-9,11H,3,6-7,10,12H2,1-2H3;2-3,6-7,9,21H,4-5,8,10H2,1H3. The minimum absolute atomic E-state index is 0.0783. The molecule has 0 unspecified atom stereocenters. The number of aliphatic imine (C=N–C) groups is 2. The summed E-state index contributed by atoms with van der Waals surface area (Å²) in [5, 5.41) is 6.73. The lowest BCUT2D eigenvalue weighted by atomic mass is 10.2. The number of carbonyl (C=O) groups is 1. The lowest BCUT2D eigenvalue weighted by Gasteiger charge is -2.26. The third-order valence-corrected chi connectivity index (χ3v) is 9.72. The minimum atomic E-state index is 0.0783. The molecule has 15 heteroatoms. The molecule has 4 heterocycles. The van der Waals surface area contributed by atoms with Gasteiger partial charge in [0.15, 0.2) is 11.6 Å². The summed E-state index contributed by atoms with van der Waals surface area (Å²) < 4.78 is 0. The number of aromatic nitrogens is 2. The van der Waals surface area contributed by atoms with Crippen molar-refractivity contribution < 1.29 is 4.79 Å². The van der Waals surface area contributed by atoms with Crippen LogP contribution in [-0.2, 0) is 30.7 Å². The monoisotopic (exact) mass is 820 g/mol. The Balaban J connectivity index is 0.000000203. The topological polar surface area (TPSA) is 89.3 Å². The van der Waals surface area contributed by atoms with Gasteiger partial charge in [-0.05, 0) is 59.7 Å². The first kappa shape index (κ1) is 40.0. The molecule has 2 aliphatic rings. The van der Waals surface area contributed by atoms with Crippen molar-refractivity contribution >= 4 is 98.8 Å². The Morgan fingerprint density at radius 1 is 0.673 bits per heavy atom. The predicted molar refractivity (Wildman–Crippen MR) is 216 cm³/mol. The zero-order chi connectivity index (χ0) is 37.4. The van der Waals surface area contributed by atoms with Crippen molar-refractivity contribution in [1.29, 1.82) is 0 Å². The smallest absolute Gasteiger partial charge is 0.222 e. The number of rotatable bonds is 11. The van der Waals surface area contributed by atoms with E-state index >= 15 is 0 Å². The van der Waals surface area contributed by atoms with Gasteiger partial charge in [0.05, 0.1) is 0 Å². The minimum Gasteiger partial charge on any atom is -0.361 e. The van der Waals surface area contributed by atoms with E-state index in [1.165, 1.54) is 0 Å². The third-order valence-electron chi connectivity index (χ3n) is 8.42. The van der Waals surface area contributed by atoms with E-state index in [0.29, 0.717) is 68.7 Å². The number of benzene rings is 2. The summed E-state index contributed by atoms with van der Waals surface area (Å²) in [6.07, 6.45) is 1.94. The van der Waals surface area contributed by atoms with Crippen LogP contribution in [-0.4, -0.2) is 82.5 Å². The zero-order valence-corrected chi connectivity index (χ0v) is 33.5. The Labute approximate surface area is 334 Å². The van der Waals surface area contributed by atoms with Gasteiger partial charge in [0.25, 0.3) is 0 Å². The van der Waals surface area contributed by atoms with Crippen molar-refractivity contribution in [3.05, 3.63) is 113 Å². The number of pyridine rings is 2. The number of amides is 1. The van der Waals surface area contributed by atoms with E-state index < -0.39 is 0 Å². The first-order chi connectivity index (χ1) is 24.9. The second-order valence-corrected chi connectivity index (χ2v) is 14.9. The molecule has 9 nitrogen and oxygen atoms in total. The Kier molecular flexibility index (Phi) is 14.4. The van der Waals surface area contributed by atoms with Gasteiger partial charge < -0.3 is 20.0 Å². The maximum absolute atomic E-state index is 12.4. The fraction of sp³-hybridized carbons (Fsp3) is 0.324. The molecule has 6 rings (SSSR count). The lowest BCUT2D eigenvalue weighted by molar-refractivity contribution is -0.131. The van der Waals surface area contributed by atoms with Gasteiger partial charge in [-0.25, -0.2) is 20.0 Å². The Morgan fingerprint density at radius 2 is 1.15 bits per heavy atom. The van der Waals surface area contributed by atoms with Crippen LogP contribution in [0.4, 0.5) is 11.6 Å². The highest BCUT2D eigenvalue weighted by Crippen LogP contribution is 2.28. The van der Waals surface area contributed by atoms with Crippen molar-refractivity contribution in [1.82, 2.24) is 30.0 Å². The van der Waals surface area contributed by atoms with Crippen molar-refractivity contribution in [2.45, 2.75) is 39.3 Å². The van der Waals surface area contributed by atoms with E-state index in [1.54, 1.807) is 24.3 Å². The number of halogens is 6. The molecule has 0 saturated heterocycles. The van der Waals surface area contributed by atoms with E-state index in [2.05, 4.69) is 35.1 Å². The number of hydrogen-bond acceptors (Lipinski definition) is 8. The number of nitrogens with one attached hydrogen (secondary N) is 1. The van der Waals surface area contributed by atoms with Gasteiger partial charge in [0, 0.05) is 104 Å². The summed E-state index contributed by atoms with van der Waals surface area (Å²) in [4.78, 5) is 36.1.